The van der Waals surface area contributed by atoms with Gasteiger partial charge >= 0.3 is 0 Å². The fourth-order valence-corrected chi connectivity index (χ4v) is 6.77. The third kappa shape index (κ3) is 3.07. The van der Waals surface area contributed by atoms with E-state index in [4.69, 9.17) is 0 Å². The van der Waals surface area contributed by atoms with E-state index in [0.717, 1.165) is 0 Å². The zero-order chi connectivity index (χ0) is 25.4. The van der Waals surface area contributed by atoms with E-state index >= 15 is 0 Å². The number of likely N-dealkylation sites (N-methyl/N-ethyl adjacent to an activating group) is 1. The number of rotatable bonds is 2. The first-order valence-electron chi connectivity index (χ1n) is 12.9. The van der Waals surface area contributed by atoms with Gasteiger partial charge in [-0.25, -0.2) is 0 Å². The Labute approximate surface area is 214 Å². The van der Waals surface area contributed by atoms with Crippen molar-refractivity contribution in [2.24, 2.45) is 0 Å². The lowest BCUT2D eigenvalue weighted by atomic mass is 9.78. The Bertz CT molecular complexity index is 1660. The van der Waals surface area contributed by atoms with Gasteiger partial charge in [0.2, 0.25) is 5.69 Å². The summed E-state index contributed by atoms with van der Waals surface area (Å²) >= 11 is 0. The van der Waals surface area contributed by atoms with Crippen LogP contribution in [0.1, 0.15) is 45.7 Å². The van der Waals surface area contributed by atoms with Crippen molar-refractivity contribution in [2.75, 3.05) is 19.0 Å². The van der Waals surface area contributed by atoms with Crippen LogP contribution in [0.15, 0.2) is 96.2 Å². The average Bonchev–Trinajstić information content (AvgIpc) is 3.18. The van der Waals surface area contributed by atoms with Crippen LogP contribution in [0.5, 0.6) is 0 Å². The number of benzene rings is 4. The van der Waals surface area contributed by atoms with E-state index < -0.39 is 0 Å². The first-order valence-corrected chi connectivity index (χ1v) is 12.9. The van der Waals surface area contributed by atoms with Crippen LogP contribution >= 0.6 is 0 Å². The molecular weight excluding hydrogens is 436 g/mol. The maximum atomic E-state index is 2.40. The number of nitrogens with zero attached hydrogens (tertiary/aromatic N) is 2. The molecule has 0 atom stereocenters. The minimum atomic E-state index is -0.0824. The maximum absolute atomic E-state index is 2.40. The molecule has 0 radical (unpaired) electrons. The topological polar surface area (TPSA) is 6.25 Å². The Balaban J connectivity index is 1.45. The minimum absolute atomic E-state index is 0.0824. The molecule has 0 saturated heterocycles. The van der Waals surface area contributed by atoms with Crippen molar-refractivity contribution < 1.29 is 4.58 Å². The van der Waals surface area contributed by atoms with Crippen LogP contribution in [0.3, 0.4) is 0 Å². The molecule has 2 aliphatic heterocycles. The van der Waals surface area contributed by atoms with Crippen LogP contribution in [0, 0.1) is 0 Å². The number of allylic oxidation sites excluding steroid dienone is 4. The van der Waals surface area contributed by atoms with Gasteiger partial charge in [-0.05, 0) is 71.7 Å². The molecular formula is C34H35N2+. The molecule has 180 valence electrons. The number of anilines is 1. The molecule has 0 amide bonds. The second-order valence-electron chi connectivity index (χ2n) is 11.5. The fourth-order valence-electron chi connectivity index (χ4n) is 6.77. The van der Waals surface area contributed by atoms with Gasteiger partial charge in [0.05, 0.1) is 5.41 Å². The lowest BCUT2D eigenvalue weighted by molar-refractivity contribution is -0.401. The third-order valence-electron chi connectivity index (χ3n) is 8.52. The quantitative estimate of drug-likeness (QED) is 0.267. The van der Waals surface area contributed by atoms with Gasteiger partial charge in [0.15, 0.2) is 5.71 Å². The standard InChI is InChI=1S/C34H35N2/c1-22(20-29-33(2,3)31-25-14-10-8-12-23(25)16-18-27(31)35(29)6)21-30-34(4,5)32-26-15-11-9-13-24(26)17-19-28(32)36(30)7/h8-21H,1-7H3/q+1. The average molecular weight is 472 g/mol. The summed E-state index contributed by atoms with van der Waals surface area (Å²) in [6.07, 6.45) is 4.79. The fraction of sp³-hybridized carbons (Fsp3) is 0.265. The van der Waals surface area contributed by atoms with E-state index in [1.807, 2.05) is 0 Å². The molecule has 0 bridgehead atoms. The van der Waals surface area contributed by atoms with Crippen LogP contribution < -0.4 is 4.90 Å². The predicted octanol–water partition coefficient (Wildman–Crippen LogP) is 8.26. The Morgan fingerprint density at radius 3 is 2.00 bits per heavy atom. The van der Waals surface area contributed by atoms with Gasteiger partial charge in [0.25, 0.3) is 0 Å². The molecule has 0 aliphatic carbocycles. The highest BCUT2D eigenvalue weighted by Gasteiger charge is 2.44. The Morgan fingerprint density at radius 1 is 0.750 bits per heavy atom. The molecule has 2 aliphatic rings. The van der Waals surface area contributed by atoms with Gasteiger partial charge in [-0.15, -0.1) is 0 Å². The zero-order valence-electron chi connectivity index (χ0n) is 22.5. The highest BCUT2D eigenvalue weighted by atomic mass is 15.2. The van der Waals surface area contributed by atoms with Crippen LogP contribution in [0.4, 0.5) is 11.4 Å². The Kier molecular flexibility index (Phi) is 4.86. The van der Waals surface area contributed by atoms with Crippen molar-refractivity contribution >= 4 is 38.6 Å². The summed E-state index contributed by atoms with van der Waals surface area (Å²) in [5.74, 6) is 0. The molecule has 6 rings (SSSR count). The van der Waals surface area contributed by atoms with Gasteiger partial charge in [-0.2, -0.15) is 4.58 Å². The predicted molar refractivity (Wildman–Crippen MR) is 155 cm³/mol. The Morgan fingerprint density at radius 2 is 1.33 bits per heavy atom. The van der Waals surface area contributed by atoms with E-state index in [9.17, 15) is 0 Å². The van der Waals surface area contributed by atoms with Crippen molar-refractivity contribution in [3.05, 3.63) is 107 Å². The molecule has 2 nitrogen and oxygen atoms in total. The van der Waals surface area contributed by atoms with E-state index in [1.165, 1.54) is 61.0 Å². The largest absolute Gasteiger partial charge is 0.347 e. The van der Waals surface area contributed by atoms with Crippen LogP contribution in [-0.2, 0) is 10.8 Å². The monoisotopic (exact) mass is 471 g/mol. The lowest BCUT2D eigenvalue weighted by Gasteiger charge is -2.25. The smallest absolute Gasteiger partial charge is 0.210 e. The lowest BCUT2D eigenvalue weighted by Crippen LogP contribution is -2.27. The number of hydrogen-bond donors (Lipinski definition) is 0. The second-order valence-corrected chi connectivity index (χ2v) is 11.5. The van der Waals surface area contributed by atoms with E-state index in [-0.39, 0.29) is 10.8 Å². The number of fused-ring (bicyclic) bond motifs is 6. The van der Waals surface area contributed by atoms with E-state index in [1.54, 1.807) is 0 Å². The normalized spacial score (nSPS) is 19.5. The van der Waals surface area contributed by atoms with Crippen LogP contribution in [0.25, 0.3) is 21.5 Å². The summed E-state index contributed by atoms with van der Waals surface area (Å²) < 4.78 is 2.38. The molecule has 0 unspecified atom stereocenters. The molecule has 0 fully saturated rings. The molecule has 36 heavy (non-hydrogen) atoms. The Hall–Kier alpha value is -3.65. The summed E-state index contributed by atoms with van der Waals surface area (Å²) in [6, 6.07) is 26.6. The first-order chi connectivity index (χ1) is 17.1. The summed E-state index contributed by atoms with van der Waals surface area (Å²) in [5, 5.41) is 5.32. The molecule has 2 heteroatoms. The van der Waals surface area contributed by atoms with Crippen molar-refractivity contribution in [3.8, 4) is 0 Å². The summed E-state index contributed by atoms with van der Waals surface area (Å²) in [6.45, 7) is 11.7. The van der Waals surface area contributed by atoms with Crippen LogP contribution in [-0.4, -0.2) is 24.4 Å². The van der Waals surface area contributed by atoms with Crippen molar-refractivity contribution in [3.63, 3.8) is 0 Å². The minimum Gasteiger partial charge on any atom is -0.347 e. The molecule has 4 aromatic carbocycles. The summed E-state index contributed by atoms with van der Waals surface area (Å²) in [4.78, 5) is 2.38. The van der Waals surface area contributed by atoms with Gasteiger partial charge in [-0.1, -0.05) is 68.4 Å². The van der Waals surface area contributed by atoms with Crippen molar-refractivity contribution in [2.45, 2.75) is 45.4 Å². The van der Waals surface area contributed by atoms with Crippen LogP contribution in [0.2, 0.25) is 0 Å². The van der Waals surface area contributed by atoms with Crippen molar-refractivity contribution in [1.29, 1.82) is 0 Å². The molecule has 4 aromatic rings. The maximum Gasteiger partial charge on any atom is 0.210 e. The number of hydrogen-bond acceptors (Lipinski definition) is 1. The van der Waals surface area contributed by atoms with E-state index in [2.05, 4.69) is 143 Å². The highest BCUT2D eigenvalue weighted by Crippen LogP contribution is 2.50. The van der Waals surface area contributed by atoms with Gasteiger partial charge in [-0.3, -0.25) is 0 Å². The van der Waals surface area contributed by atoms with E-state index in [0.29, 0.717) is 0 Å². The molecule has 0 N–H and O–H groups in total. The third-order valence-corrected chi connectivity index (χ3v) is 8.52. The molecule has 0 saturated carbocycles. The SMILES string of the molecule is CC(=CC1=[N+](C)c2ccc3ccccc3c2C1(C)C)C=C1N(C)c2ccc3ccccc3c2C1(C)C. The molecule has 2 heterocycles. The van der Waals surface area contributed by atoms with Gasteiger partial charge in [0.1, 0.15) is 7.05 Å². The summed E-state index contributed by atoms with van der Waals surface area (Å²) in [5.41, 5.74) is 9.24. The second kappa shape index (κ2) is 7.67. The summed E-state index contributed by atoms with van der Waals surface area (Å²) in [7, 11) is 4.42. The molecule has 0 aromatic heterocycles. The zero-order valence-corrected chi connectivity index (χ0v) is 22.5. The van der Waals surface area contributed by atoms with Crippen molar-refractivity contribution in [1.82, 2.24) is 0 Å². The highest BCUT2D eigenvalue weighted by molar-refractivity contribution is 6.08. The molecule has 0 spiro atoms. The van der Waals surface area contributed by atoms with Gasteiger partial charge < -0.3 is 4.90 Å². The van der Waals surface area contributed by atoms with Gasteiger partial charge in [0, 0.05) is 41.6 Å². The first kappa shape index (κ1) is 22.8.